The summed E-state index contributed by atoms with van der Waals surface area (Å²) in [4.78, 5) is 0. The zero-order valence-corrected chi connectivity index (χ0v) is 12.9. The molecule has 0 aromatic carbocycles. The lowest BCUT2D eigenvalue weighted by molar-refractivity contribution is -0.0206. The zero-order chi connectivity index (χ0) is 13.5. The van der Waals surface area contributed by atoms with Crippen molar-refractivity contribution in [3.05, 3.63) is 0 Å². The molecule has 0 atom stereocenters. The third kappa shape index (κ3) is 5.07. The van der Waals surface area contributed by atoms with Crippen molar-refractivity contribution in [1.82, 2.24) is 0 Å². The molecule has 19 heavy (non-hydrogen) atoms. The average Bonchev–Trinajstić information content (AvgIpc) is 2.45. The molecule has 2 fully saturated rings. The van der Waals surface area contributed by atoms with Gasteiger partial charge in [0, 0.05) is 6.61 Å². The second-order valence-electron chi connectivity index (χ2n) is 6.62. The molecule has 0 bridgehead atoms. The van der Waals surface area contributed by atoms with Gasteiger partial charge in [-0.3, -0.25) is 0 Å². The summed E-state index contributed by atoms with van der Waals surface area (Å²) in [6.45, 7) is 6.80. The summed E-state index contributed by atoms with van der Waals surface area (Å²) in [6.07, 6.45) is 11.8. The lowest BCUT2D eigenvalue weighted by Gasteiger charge is -2.37. The summed E-state index contributed by atoms with van der Waals surface area (Å²) in [5.74, 6) is 3.01. The number of rotatable bonds is 6. The highest BCUT2D eigenvalue weighted by Crippen LogP contribution is 2.40. The van der Waals surface area contributed by atoms with Crippen LogP contribution in [0.4, 0.5) is 0 Å². The largest absolute Gasteiger partial charge is 0.379 e. The van der Waals surface area contributed by atoms with Crippen molar-refractivity contribution in [2.45, 2.75) is 71.3 Å². The van der Waals surface area contributed by atoms with Gasteiger partial charge in [-0.15, -0.1) is 0 Å². The van der Waals surface area contributed by atoms with Gasteiger partial charge in [-0.25, -0.2) is 0 Å². The Bertz CT molecular complexity index is 225. The predicted octanol–water partition coefficient (Wildman–Crippen LogP) is 4.42. The topological polar surface area (TPSA) is 18.5 Å². The van der Waals surface area contributed by atoms with Gasteiger partial charge in [0.15, 0.2) is 0 Å². The van der Waals surface area contributed by atoms with Crippen LogP contribution in [0.15, 0.2) is 0 Å². The predicted molar refractivity (Wildman–Crippen MR) is 79.3 cm³/mol. The van der Waals surface area contributed by atoms with Crippen LogP contribution in [0, 0.1) is 17.8 Å². The van der Waals surface area contributed by atoms with Crippen molar-refractivity contribution in [2.24, 2.45) is 17.8 Å². The van der Waals surface area contributed by atoms with Crippen molar-refractivity contribution < 1.29 is 9.47 Å². The fourth-order valence-corrected chi connectivity index (χ4v) is 3.90. The highest BCUT2D eigenvalue weighted by molar-refractivity contribution is 4.81. The van der Waals surface area contributed by atoms with E-state index in [0.29, 0.717) is 6.10 Å². The summed E-state index contributed by atoms with van der Waals surface area (Å²) in [5, 5.41) is 0. The minimum atomic E-state index is 0.513. The molecule has 2 heteroatoms. The van der Waals surface area contributed by atoms with E-state index < -0.39 is 0 Å². The summed E-state index contributed by atoms with van der Waals surface area (Å²) in [7, 11) is 0. The molecule has 0 aromatic heterocycles. The van der Waals surface area contributed by atoms with E-state index in [1.54, 1.807) is 0 Å². The van der Waals surface area contributed by atoms with Crippen molar-refractivity contribution >= 4 is 0 Å². The molecule has 2 rings (SSSR count). The minimum Gasteiger partial charge on any atom is -0.379 e. The fraction of sp³-hybridized carbons (Fsp3) is 1.00. The molecule has 2 aliphatic rings. The molecule has 2 aliphatic carbocycles. The van der Waals surface area contributed by atoms with E-state index in [0.717, 1.165) is 37.6 Å². The number of hydrogen-bond acceptors (Lipinski definition) is 2. The molecule has 2 saturated carbocycles. The van der Waals surface area contributed by atoms with E-state index in [4.69, 9.17) is 9.47 Å². The molecule has 0 saturated heterocycles. The van der Waals surface area contributed by atoms with Crippen molar-refractivity contribution in [2.75, 3.05) is 19.8 Å². The molecule has 0 spiro atoms. The molecule has 0 radical (unpaired) electrons. The van der Waals surface area contributed by atoms with Crippen LogP contribution < -0.4 is 0 Å². The monoisotopic (exact) mass is 268 g/mol. The van der Waals surface area contributed by atoms with Crippen LogP contribution in [0.3, 0.4) is 0 Å². The maximum atomic E-state index is 5.91. The fourth-order valence-electron chi connectivity index (χ4n) is 3.90. The molecule has 0 amide bonds. The van der Waals surface area contributed by atoms with Crippen molar-refractivity contribution in [1.29, 1.82) is 0 Å². The molecule has 112 valence electrons. The first kappa shape index (κ1) is 15.3. The summed E-state index contributed by atoms with van der Waals surface area (Å²) < 4.78 is 11.2. The summed E-state index contributed by atoms with van der Waals surface area (Å²) in [5.41, 5.74) is 0. The second kappa shape index (κ2) is 8.26. The van der Waals surface area contributed by atoms with Gasteiger partial charge < -0.3 is 9.47 Å². The Morgan fingerprint density at radius 2 is 1.37 bits per heavy atom. The average molecular weight is 268 g/mol. The molecule has 0 N–H and O–H groups in total. The van der Waals surface area contributed by atoms with Gasteiger partial charge in [0.25, 0.3) is 0 Å². The lowest BCUT2D eigenvalue weighted by atomic mass is 9.71. The van der Waals surface area contributed by atoms with E-state index in [1.807, 2.05) is 6.92 Å². The van der Waals surface area contributed by atoms with Crippen molar-refractivity contribution in [3.8, 4) is 0 Å². The highest BCUT2D eigenvalue weighted by Gasteiger charge is 2.30. The smallest absolute Gasteiger partial charge is 0.0704 e. The Balaban J connectivity index is 1.59. The van der Waals surface area contributed by atoms with E-state index in [1.165, 1.54) is 51.4 Å². The first-order valence-electron chi connectivity index (χ1n) is 8.49. The van der Waals surface area contributed by atoms with Gasteiger partial charge in [-0.2, -0.15) is 0 Å². The van der Waals surface area contributed by atoms with Gasteiger partial charge >= 0.3 is 0 Å². The maximum Gasteiger partial charge on any atom is 0.0704 e. The molecule has 0 heterocycles. The van der Waals surface area contributed by atoms with Gasteiger partial charge in [-0.05, 0) is 63.2 Å². The third-order valence-corrected chi connectivity index (χ3v) is 5.23. The Morgan fingerprint density at radius 3 is 1.95 bits per heavy atom. The van der Waals surface area contributed by atoms with E-state index >= 15 is 0 Å². The van der Waals surface area contributed by atoms with E-state index in [9.17, 15) is 0 Å². The van der Waals surface area contributed by atoms with Gasteiger partial charge in [0.1, 0.15) is 0 Å². The highest BCUT2D eigenvalue weighted by atomic mass is 16.5. The van der Waals surface area contributed by atoms with Crippen LogP contribution in [0.1, 0.15) is 65.2 Å². The maximum absolute atomic E-state index is 5.91. The van der Waals surface area contributed by atoms with Crippen LogP contribution in [0.2, 0.25) is 0 Å². The SMILES string of the molecule is CCOCCOC1CCC([C@H]2CC[C@H](C)CC2)CC1. The third-order valence-electron chi connectivity index (χ3n) is 5.23. The van der Waals surface area contributed by atoms with E-state index in [2.05, 4.69) is 6.92 Å². The van der Waals surface area contributed by atoms with Gasteiger partial charge in [-0.1, -0.05) is 19.8 Å². The minimum absolute atomic E-state index is 0.513. The molecule has 0 unspecified atom stereocenters. The quantitative estimate of drug-likeness (QED) is 0.664. The second-order valence-corrected chi connectivity index (χ2v) is 6.62. The lowest BCUT2D eigenvalue weighted by Crippen LogP contribution is -2.28. The molecular weight excluding hydrogens is 236 g/mol. The standard InChI is InChI=1S/C17H32O2/c1-3-18-12-13-19-17-10-8-16(9-11-17)15-6-4-14(2)5-7-15/h14-17H,3-13H2,1-2H3/t14-,15-,16?,17?. The summed E-state index contributed by atoms with van der Waals surface area (Å²) in [6, 6.07) is 0. The normalized spacial score (nSPS) is 36.3. The van der Waals surface area contributed by atoms with Crippen LogP contribution in [-0.4, -0.2) is 25.9 Å². The molecule has 0 aromatic rings. The van der Waals surface area contributed by atoms with E-state index in [-0.39, 0.29) is 0 Å². The Kier molecular flexibility index (Phi) is 6.66. The van der Waals surface area contributed by atoms with Crippen LogP contribution in [-0.2, 0) is 9.47 Å². The first-order valence-corrected chi connectivity index (χ1v) is 8.49. The Labute approximate surface area is 119 Å². The number of ether oxygens (including phenoxy) is 2. The molecule has 2 nitrogen and oxygen atoms in total. The van der Waals surface area contributed by atoms with Crippen LogP contribution in [0.5, 0.6) is 0 Å². The van der Waals surface area contributed by atoms with Gasteiger partial charge in [0.2, 0.25) is 0 Å². The van der Waals surface area contributed by atoms with Crippen LogP contribution >= 0.6 is 0 Å². The van der Waals surface area contributed by atoms with Crippen molar-refractivity contribution in [3.63, 3.8) is 0 Å². The van der Waals surface area contributed by atoms with Crippen LogP contribution in [0.25, 0.3) is 0 Å². The molecular formula is C17H32O2. The number of hydrogen-bond donors (Lipinski definition) is 0. The molecule has 0 aliphatic heterocycles. The Hall–Kier alpha value is -0.0800. The van der Waals surface area contributed by atoms with Gasteiger partial charge in [0.05, 0.1) is 19.3 Å². The zero-order valence-electron chi connectivity index (χ0n) is 12.9. The summed E-state index contributed by atoms with van der Waals surface area (Å²) >= 11 is 0. The Morgan fingerprint density at radius 1 is 0.789 bits per heavy atom. The first-order chi connectivity index (χ1) is 9.29.